The lowest BCUT2D eigenvalue weighted by molar-refractivity contribution is 0.00926. The van der Waals surface area contributed by atoms with E-state index < -0.39 is 13.0 Å². The number of nitrogens with one attached hydrogen (secondary N) is 2. The number of halogens is 2. The summed E-state index contributed by atoms with van der Waals surface area (Å²) < 4.78 is 29.4. The van der Waals surface area contributed by atoms with Crippen LogP contribution in [0, 0.1) is 16.7 Å². The number of aliphatic hydroxyl groups excluding tert-OH is 1. The summed E-state index contributed by atoms with van der Waals surface area (Å²) in [7, 11) is 0. The monoisotopic (exact) mass is 445 g/mol. The lowest BCUT2D eigenvalue weighted by Gasteiger charge is -2.40. The van der Waals surface area contributed by atoms with Crippen LogP contribution in [0.3, 0.4) is 0 Å². The number of ether oxygens (including phenoxy) is 1. The van der Waals surface area contributed by atoms with Crippen LogP contribution < -0.4 is 15.4 Å². The molecule has 0 saturated heterocycles. The minimum atomic E-state index is -2.50. The smallest absolute Gasteiger partial charge is 0.272 e. The van der Waals surface area contributed by atoms with Crippen LogP contribution in [0.15, 0.2) is 30.5 Å². The van der Waals surface area contributed by atoms with E-state index in [2.05, 4.69) is 26.7 Å². The molecule has 0 spiro atoms. The molecule has 2 aromatic rings. The van der Waals surface area contributed by atoms with Gasteiger partial charge in [0.2, 0.25) is 5.95 Å². The Hall–Kier alpha value is -2.99. The van der Waals surface area contributed by atoms with Crippen molar-refractivity contribution in [3.63, 3.8) is 0 Å². The molecule has 3 N–H and O–H groups in total. The molecule has 2 atom stereocenters. The second-order valence-electron chi connectivity index (χ2n) is 8.72. The van der Waals surface area contributed by atoms with Gasteiger partial charge in [0.1, 0.15) is 29.8 Å². The summed E-state index contributed by atoms with van der Waals surface area (Å²) in [6, 6.07) is 9.23. The highest BCUT2D eigenvalue weighted by Crippen LogP contribution is 2.36. The molecular weight excluding hydrogens is 416 g/mol. The number of nitriles is 1. The van der Waals surface area contributed by atoms with Crippen molar-refractivity contribution in [2.45, 2.75) is 58.1 Å². The fourth-order valence-electron chi connectivity index (χ4n) is 3.83. The van der Waals surface area contributed by atoms with Gasteiger partial charge in [-0.2, -0.15) is 10.2 Å². The van der Waals surface area contributed by atoms with Crippen LogP contribution in [-0.4, -0.2) is 46.8 Å². The maximum atomic E-state index is 12.2. The van der Waals surface area contributed by atoms with E-state index in [1.54, 1.807) is 12.1 Å². The summed E-state index contributed by atoms with van der Waals surface area (Å²) in [5.41, 5.74) is 1.19. The third kappa shape index (κ3) is 6.50. The first-order chi connectivity index (χ1) is 15.3. The molecule has 0 unspecified atom stereocenters. The lowest BCUT2D eigenvalue weighted by atomic mass is 9.73. The van der Waals surface area contributed by atoms with Crippen molar-refractivity contribution in [1.29, 1.82) is 5.26 Å². The minimum absolute atomic E-state index is 0.119. The highest BCUT2D eigenvalue weighted by Gasteiger charge is 2.35. The Bertz CT molecular complexity index is 931. The van der Waals surface area contributed by atoms with Crippen molar-refractivity contribution in [2.24, 2.45) is 5.41 Å². The van der Waals surface area contributed by atoms with Crippen LogP contribution in [0.25, 0.3) is 0 Å². The summed E-state index contributed by atoms with van der Waals surface area (Å²) in [5.74, 6) is 1.31. The molecule has 1 saturated carbocycles. The third-order valence-corrected chi connectivity index (χ3v) is 5.71. The molecule has 32 heavy (non-hydrogen) atoms. The van der Waals surface area contributed by atoms with Crippen LogP contribution in [0.5, 0.6) is 5.75 Å². The molecule has 0 aliphatic heterocycles. The zero-order valence-electron chi connectivity index (χ0n) is 18.3. The van der Waals surface area contributed by atoms with Crippen LogP contribution in [0.1, 0.15) is 44.2 Å². The van der Waals surface area contributed by atoms with Crippen molar-refractivity contribution < 1.29 is 18.6 Å². The van der Waals surface area contributed by atoms with Crippen LogP contribution >= 0.6 is 0 Å². The number of nitrogens with zero attached hydrogens (tertiary/aromatic N) is 3. The van der Waals surface area contributed by atoms with Crippen LogP contribution in [-0.2, 0) is 6.42 Å². The molecule has 0 amide bonds. The number of hydrogen-bond donors (Lipinski definition) is 3. The van der Waals surface area contributed by atoms with Gasteiger partial charge in [-0.05, 0) is 48.8 Å². The summed E-state index contributed by atoms with van der Waals surface area (Å²) in [6.45, 7) is 4.03. The van der Waals surface area contributed by atoms with Gasteiger partial charge >= 0.3 is 0 Å². The van der Waals surface area contributed by atoms with Gasteiger partial charge in [-0.3, -0.25) is 0 Å². The first-order valence-electron chi connectivity index (χ1n) is 10.7. The largest absolute Gasteiger partial charge is 0.488 e. The maximum absolute atomic E-state index is 12.2. The van der Waals surface area contributed by atoms with E-state index in [0.29, 0.717) is 42.5 Å². The highest BCUT2D eigenvalue weighted by atomic mass is 19.3. The van der Waals surface area contributed by atoms with Crippen LogP contribution in [0.2, 0.25) is 0 Å². The van der Waals surface area contributed by atoms with Gasteiger partial charge in [-0.15, -0.1) is 0 Å². The average molecular weight is 446 g/mol. The highest BCUT2D eigenvalue weighted by molar-refractivity contribution is 5.54. The Morgan fingerprint density at radius 2 is 2.03 bits per heavy atom. The van der Waals surface area contributed by atoms with Gasteiger partial charge in [-0.25, -0.2) is 13.8 Å². The predicted molar refractivity (Wildman–Crippen MR) is 118 cm³/mol. The van der Waals surface area contributed by atoms with E-state index in [4.69, 9.17) is 4.74 Å². The van der Waals surface area contributed by atoms with Gasteiger partial charge in [0.05, 0.1) is 12.3 Å². The summed E-state index contributed by atoms with van der Waals surface area (Å²) >= 11 is 0. The number of hydrogen-bond acceptors (Lipinski definition) is 7. The van der Waals surface area contributed by atoms with E-state index in [0.717, 1.165) is 18.4 Å². The van der Waals surface area contributed by atoms with Crippen molar-refractivity contribution in [1.82, 2.24) is 9.97 Å². The Morgan fingerprint density at radius 3 is 2.69 bits per heavy atom. The van der Waals surface area contributed by atoms with Crippen molar-refractivity contribution >= 4 is 11.8 Å². The average Bonchev–Trinajstić information content (AvgIpc) is 2.76. The predicted octanol–water partition coefficient (Wildman–Crippen LogP) is 4.00. The molecule has 1 heterocycles. The molecule has 1 fully saturated rings. The molecule has 9 heteroatoms. The van der Waals surface area contributed by atoms with Crippen LogP contribution in [0.4, 0.5) is 20.5 Å². The number of alkyl halides is 2. The Labute approximate surface area is 186 Å². The molecule has 1 aromatic heterocycles. The third-order valence-electron chi connectivity index (χ3n) is 5.71. The number of anilines is 2. The molecule has 3 rings (SSSR count). The number of benzene rings is 1. The second-order valence-corrected chi connectivity index (χ2v) is 8.72. The van der Waals surface area contributed by atoms with E-state index in [1.165, 1.54) is 6.20 Å². The number of aromatic nitrogens is 2. The van der Waals surface area contributed by atoms with Crippen molar-refractivity contribution in [2.75, 3.05) is 23.8 Å². The quantitative estimate of drug-likeness (QED) is 0.536. The van der Waals surface area contributed by atoms with Crippen molar-refractivity contribution in [3.05, 3.63) is 41.6 Å². The van der Waals surface area contributed by atoms with Gasteiger partial charge in [0.25, 0.3) is 6.43 Å². The summed E-state index contributed by atoms with van der Waals surface area (Å²) in [5, 5.41) is 26.1. The van der Waals surface area contributed by atoms with Crippen molar-refractivity contribution in [3.8, 4) is 11.8 Å². The first kappa shape index (κ1) is 23.7. The van der Waals surface area contributed by atoms with Gasteiger partial charge < -0.3 is 20.5 Å². The van der Waals surface area contributed by atoms with E-state index in [1.807, 2.05) is 26.0 Å². The molecule has 0 radical (unpaired) electrons. The molecule has 7 nitrogen and oxygen atoms in total. The summed E-state index contributed by atoms with van der Waals surface area (Å²) in [6.07, 6.45) is 1.63. The number of rotatable bonds is 9. The minimum Gasteiger partial charge on any atom is -0.488 e. The SMILES string of the molecule is CC1(C)C[C@H](Nc2nc(NCCc3ccc(OCC(F)F)cc3)ncc2C#N)CC[C@H]1O. The zero-order chi connectivity index (χ0) is 23.1. The molecule has 1 aliphatic rings. The Kier molecular flexibility index (Phi) is 7.80. The van der Waals surface area contributed by atoms with Gasteiger partial charge in [-0.1, -0.05) is 26.0 Å². The van der Waals surface area contributed by atoms with E-state index in [-0.39, 0.29) is 17.6 Å². The number of aliphatic hydroxyl groups is 1. The fourth-order valence-corrected chi connectivity index (χ4v) is 3.83. The fraction of sp³-hybridized carbons (Fsp3) is 0.522. The van der Waals surface area contributed by atoms with Gasteiger partial charge in [0, 0.05) is 12.6 Å². The van der Waals surface area contributed by atoms with E-state index >= 15 is 0 Å². The zero-order valence-corrected chi connectivity index (χ0v) is 18.3. The standard InChI is InChI=1S/C23H29F2N5O2/c1-23(2)11-17(5-8-19(23)31)29-21-16(12-26)13-28-22(30-21)27-10-9-15-3-6-18(7-4-15)32-14-20(24)25/h3-4,6-7,13,17,19-20,31H,5,8-11,14H2,1-2H3,(H2,27,28,29,30)/t17-,19-/m1/s1. The van der Waals surface area contributed by atoms with Gasteiger partial charge in [0.15, 0.2) is 0 Å². The maximum Gasteiger partial charge on any atom is 0.272 e. The molecule has 1 aromatic carbocycles. The molecule has 1 aliphatic carbocycles. The molecular formula is C23H29F2N5O2. The Balaban J connectivity index is 1.55. The molecule has 0 bridgehead atoms. The molecule has 172 valence electrons. The second kappa shape index (κ2) is 10.6. The van der Waals surface area contributed by atoms with E-state index in [9.17, 15) is 19.1 Å². The normalized spacial score (nSPS) is 19.9. The first-order valence-corrected chi connectivity index (χ1v) is 10.7. The summed E-state index contributed by atoms with van der Waals surface area (Å²) in [4.78, 5) is 8.70. The topological polar surface area (TPSA) is 103 Å². The Morgan fingerprint density at radius 1 is 1.28 bits per heavy atom. The lowest BCUT2D eigenvalue weighted by Crippen LogP contribution is -2.41.